The molecule has 4 aromatic rings. The Morgan fingerprint density at radius 2 is 1.68 bits per heavy atom. The van der Waals surface area contributed by atoms with Crippen LogP contribution in [0.15, 0.2) is 69.9 Å². The summed E-state index contributed by atoms with van der Waals surface area (Å²) in [6.07, 6.45) is -4.35. The molecule has 7 nitrogen and oxygen atoms in total. The number of nitrogens with zero attached hydrogens (tertiary/aromatic N) is 1. The van der Waals surface area contributed by atoms with Crippen molar-refractivity contribution in [2.75, 3.05) is 27.5 Å². The van der Waals surface area contributed by atoms with E-state index in [4.69, 9.17) is 23.4 Å². The number of benzene rings is 3. The lowest BCUT2D eigenvalue weighted by Crippen LogP contribution is -2.34. The Hall–Kier alpha value is -4.18. The van der Waals surface area contributed by atoms with Crippen LogP contribution in [-0.2, 0) is 19.1 Å². The van der Waals surface area contributed by atoms with E-state index < -0.39 is 23.1 Å². The molecule has 2 heterocycles. The second kappa shape index (κ2) is 10.3. The zero-order chi connectivity index (χ0) is 26.9. The van der Waals surface area contributed by atoms with Crippen LogP contribution in [0.1, 0.15) is 16.9 Å². The molecule has 0 N–H and O–H groups in total. The van der Waals surface area contributed by atoms with E-state index in [-0.39, 0.29) is 30.0 Å². The van der Waals surface area contributed by atoms with Gasteiger partial charge in [-0.2, -0.15) is 13.2 Å². The van der Waals surface area contributed by atoms with Crippen molar-refractivity contribution in [3.8, 4) is 28.7 Å². The van der Waals surface area contributed by atoms with Crippen molar-refractivity contribution in [2.45, 2.75) is 19.1 Å². The Labute approximate surface area is 215 Å². The van der Waals surface area contributed by atoms with E-state index in [1.165, 1.54) is 37.4 Å². The number of halogens is 3. The lowest BCUT2D eigenvalue weighted by Gasteiger charge is -2.29. The third-order valence-electron chi connectivity index (χ3n) is 6.29. The molecule has 1 aliphatic heterocycles. The lowest BCUT2D eigenvalue weighted by atomic mass is 10.1. The second-order valence-electron chi connectivity index (χ2n) is 8.67. The average molecular weight is 527 g/mol. The standard InChI is InChI=1S/C28H24F3NO6/c1-34-18-7-9-19(10-8-18)37-26-24(33)20-11-12-23-21(25(20)38-27(26)28(29,30)31)15-32(16-36-23)14-13-17-5-3-4-6-22(17)35-2/h3-12H,13-16H2,1-2H3. The number of hydrogen-bond acceptors (Lipinski definition) is 7. The van der Waals surface area contributed by atoms with E-state index in [0.29, 0.717) is 30.0 Å². The molecular formula is C28H24F3NO6. The Morgan fingerprint density at radius 3 is 2.39 bits per heavy atom. The normalized spacial score (nSPS) is 13.6. The fraction of sp³-hybridized carbons (Fsp3) is 0.250. The maximum Gasteiger partial charge on any atom is 0.453 e. The predicted octanol–water partition coefficient (Wildman–Crippen LogP) is 6.02. The molecule has 0 atom stereocenters. The van der Waals surface area contributed by atoms with Gasteiger partial charge in [0.05, 0.1) is 25.2 Å². The third kappa shape index (κ3) is 4.99. The maximum atomic E-state index is 14.1. The first-order valence-electron chi connectivity index (χ1n) is 11.8. The molecule has 1 aromatic heterocycles. The Balaban J connectivity index is 1.50. The molecule has 0 aliphatic carbocycles. The van der Waals surface area contributed by atoms with Gasteiger partial charge in [-0.25, -0.2) is 0 Å². The van der Waals surface area contributed by atoms with Crippen molar-refractivity contribution in [3.63, 3.8) is 0 Å². The molecule has 0 radical (unpaired) electrons. The summed E-state index contributed by atoms with van der Waals surface area (Å²) in [5.41, 5.74) is 0.254. The van der Waals surface area contributed by atoms with Gasteiger partial charge in [0.15, 0.2) is 0 Å². The number of rotatable bonds is 7. The van der Waals surface area contributed by atoms with Crippen molar-refractivity contribution in [1.29, 1.82) is 0 Å². The molecule has 3 aromatic carbocycles. The van der Waals surface area contributed by atoms with E-state index in [0.717, 1.165) is 11.3 Å². The minimum Gasteiger partial charge on any atom is -0.497 e. The molecule has 5 rings (SSSR count). The van der Waals surface area contributed by atoms with Gasteiger partial charge in [0, 0.05) is 13.1 Å². The summed E-state index contributed by atoms with van der Waals surface area (Å²) in [5.74, 6) is -0.801. The van der Waals surface area contributed by atoms with Crippen molar-refractivity contribution in [3.05, 3.63) is 87.8 Å². The van der Waals surface area contributed by atoms with Gasteiger partial charge in [-0.05, 0) is 54.4 Å². The summed E-state index contributed by atoms with van der Waals surface area (Å²) in [4.78, 5) is 15.2. The molecule has 0 fully saturated rings. The number of hydrogen-bond donors (Lipinski definition) is 0. The van der Waals surface area contributed by atoms with Gasteiger partial charge in [-0.3, -0.25) is 9.69 Å². The summed E-state index contributed by atoms with van der Waals surface area (Å²) in [6.45, 7) is 1.02. The van der Waals surface area contributed by atoms with E-state index in [1.807, 2.05) is 29.2 Å². The smallest absolute Gasteiger partial charge is 0.453 e. The highest BCUT2D eigenvalue weighted by Gasteiger charge is 2.41. The highest BCUT2D eigenvalue weighted by Crippen LogP contribution is 2.41. The van der Waals surface area contributed by atoms with Crippen LogP contribution in [0.25, 0.3) is 11.0 Å². The Bertz CT molecular complexity index is 1510. The van der Waals surface area contributed by atoms with Gasteiger partial charge in [0.1, 0.15) is 35.3 Å². The van der Waals surface area contributed by atoms with Crippen LogP contribution < -0.4 is 24.4 Å². The zero-order valence-electron chi connectivity index (χ0n) is 20.6. The molecule has 0 bridgehead atoms. The quantitative estimate of drug-likeness (QED) is 0.291. The summed E-state index contributed by atoms with van der Waals surface area (Å²) in [6, 6.07) is 16.4. The maximum absolute atomic E-state index is 14.1. The van der Waals surface area contributed by atoms with Crippen molar-refractivity contribution in [2.24, 2.45) is 0 Å². The van der Waals surface area contributed by atoms with Crippen molar-refractivity contribution in [1.82, 2.24) is 4.90 Å². The summed E-state index contributed by atoms with van der Waals surface area (Å²) in [7, 11) is 3.05. The minimum absolute atomic E-state index is 0.0320. The number of ether oxygens (including phenoxy) is 4. The number of alkyl halides is 3. The molecule has 10 heteroatoms. The first kappa shape index (κ1) is 25.5. The topological polar surface area (TPSA) is 70.4 Å². The van der Waals surface area contributed by atoms with Gasteiger partial charge in [0.2, 0.25) is 11.2 Å². The summed E-state index contributed by atoms with van der Waals surface area (Å²) >= 11 is 0. The summed E-state index contributed by atoms with van der Waals surface area (Å²) in [5, 5.41) is -0.0320. The van der Waals surface area contributed by atoms with Crippen LogP contribution in [0.5, 0.6) is 28.7 Å². The minimum atomic E-state index is -4.98. The monoisotopic (exact) mass is 527 g/mol. The SMILES string of the molecule is COc1ccc(Oc2c(C(F)(F)F)oc3c4c(ccc3c2=O)OCN(CCc2ccccc2OC)C4)cc1. The van der Waals surface area contributed by atoms with Crippen LogP contribution in [0.4, 0.5) is 13.2 Å². The number of para-hydroxylation sites is 1. The Kier molecular flexibility index (Phi) is 6.90. The molecule has 0 saturated carbocycles. The lowest BCUT2D eigenvalue weighted by molar-refractivity contribution is -0.154. The number of fused-ring (bicyclic) bond motifs is 3. The van der Waals surface area contributed by atoms with E-state index in [1.54, 1.807) is 13.2 Å². The van der Waals surface area contributed by atoms with Gasteiger partial charge in [0.25, 0.3) is 5.76 Å². The molecule has 0 unspecified atom stereocenters. The number of methoxy groups -OCH3 is 2. The second-order valence-corrected chi connectivity index (χ2v) is 8.67. The van der Waals surface area contributed by atoms with Crippen LogP contribution >= 0.6 is 0 Å². The molecule has 0 saturated heterocycles. The van der Waals surface area contributed by atoms with Crippen molar-refractivity contribution >= 4 is 11.0 Å². The molecular weight excluding hydrogens is 503 g/mol. The predicted molar refractivity (Wildman–Crippen MR) is 133 cm³/mol. The van der Waals surface area contributed by atoms with E-state index >= 15 is 0 Å². The first-order valence-corrected chi connectivity index (χ1v) is 11.8. The van der Waals surface area contributed by atoms with Crippen LogP contribution in [-0.4, -0.2) is 32.4 Å². The van der Waals surface area contributed by atoms with E-state index in [2.05, 4.69) is 0 Å². The van der Waals surface area contributed by atoms with Gasteiger partial charge in [-0.1, -0.05) is 18.2 Å². The van der Waals surface area contributed by atoms with Crippen molar-refractivity contribution < 1.29 is 36.5 Å². The zero-order valence-corrected chi connectivity index (χ0v) is 20.6. The van der Waals surface area contributed by atoms with Crippen LogP contribution in [0.3, 0.4) is 0 Å². The summed E-state index contributed by atoms with van der Waals surface area (Å²) < 4.78 is 69.3. The molecule has 198 valence electrons. The molecule has 1 aliphatic rings. The van der Waals surface area contributed by atoms with Crippen LogP contribution in [0, 0.1) is 0 Å². The Morgan fingerprint density at radius 1 is 0.947 bits per heavy atom. The van der Waals surface area contributed by atoms with Crippen LogP contribution in [0.2, 0.25) is 0 Å². The highest BCUT2D eigenvalue weighted by atomic mass is 19.4. The molecule has 0 spiro atoms. The largest absolute Gasteiger partial charge is 0.497 e. The fourth-order valence-electron chi connectivity index (χ4n) is 4.37. The highest BCUT2D eigenvalue weighted by molar-refractivity contribution is 5.84. The third-order valence-corrected chi connectivity index (χ3v) is 6.29. The van der Waals surface area contributed by atoms with Gasteiger partial charge < -0.3 is 23.4 Å². The average Bonchev–Trinajstić information content (AvgIpc) is 2.92. The first-order chi connectivity index (χ1) is 18.3. The van der Waals surface area contributed by atoms with E-state index in [9.17, 15) is 18.0 Å². The molecule has 38 heavy (non-hydrogen) atoms. The van der Waals surface area contributed by atoms with Gasteiger partial charge in [-0.15, -0.1) is 0 Å². The van der Waals surface area contributed by atoms with Gasteiger partial charge >= 0.3 is 6.18 Å². The fourth-order valence-corrected chi connectivity index (χ4v) is 4.37. The molecule has 0 amide bonds.